The van der Waals surface area contributed by atoms with Gasteiger partial charge in [-0.05, 0) is 0 Å². The third-order valence-corrected chi connectivity index (χ3v) is 4.75. The second kappa shape index (κ2) is 8.94. The molecule has 0 radical (unpaired) electrons. The van der Waals surface area contributed by atoms with Crippen LogP contribution >= 0.6 is 11.3 Å². The number of esters is 1. The van der Waals surface area contributed by atoms with Gasteiger partial charge in [-0.3, -0.25) is 9.59 Å². The predicted molar refractivity (Wildman–Crippen MR) is 84.4 cm³/mol. The first-order valence-corrected chi connectivity index (χ1v) is 8.86. The van der Waals surface area contributed by atoms with E-state index >= 15 is 0 Å². The quantitative estimate of drug-likeness (QED) is 0.110. The fourth-order valence-electron chi connectivity index (χ4n) is 2.11. The molecule has 142 valence electrons. The van der Waals surface area contributed by atoms with Crippen molar-refractivity contribution >= 4 is 50.3 Å². The molecule has 1 aromatic heterocycles. The summed E-state index contributed by atoms with van der Waals surface area (Å²) < 4.78 is 37.5. The van der Waals surface area contributed by atoms with Crippen molar-refractivity contribution < 1.29 is 66.5 Å². The second-order valence-corrected chi connectivity index (χ2v) is 6.84. The number of rotatable bonds is 6. The van der Waals surface area contributed by atoms with Gasteiger partial charge in [0, 0.05) is 5.38 Å². The zero-order valence-corrected chi connectivity index (χ0v) is 17.9. The number of β-lactam (4-membered cyclic amide) rings is 1. The smallest absolute Gasteiger partial charge is 0.731 e. The minimum atomic E-state index is -5.27. The Morgan fingerprint density at radius 1 is 1.44 bits per heavy atom. The van der Waals surface area contributed by atoms with Crippen LogP contribution in [0.1, 0.15) is 5.69 Å². The number of amides is 2. The maximum absolute atomic E-state index is 12.4. The van der Waals surface area contributed by atoms with Crippen LogP contribution in [-0.2, 0) is 34.3 Å². The molecule has 1 aliphatic heterocycles. The molecule has 16 heteroatoms. The zero-order valence-electron chi connectivity index (χ0n) is 14.2. The number of nitrogen functional groups attached to an aromatic ring is 1. The van der Waals surface area contributed by atoms with Gasteiger partial charge < -0.3 is 25.2 Å². The first-order chi connectivity index (χ1) is 12.1. The van der Waals surface area contributed by atoms with Crippen molar-refractivity contribution in [2.45, 2.75) is 12.1 Å². The summed E-state index contributed by atoms with van der Waals surface area (Å²) in [6, 6.07) is -3.47. The van der Waals surface area contributed by atoms with Crippen LogP contribution in [0.5, 0.6) is 0 Å². The number of nitrogens with zero attached hydrogens (tertiary/aromatic N) is 3. The Hall–Kier alpha value is -1.78. The Labute approximate surface area is 179 Å². The SMILES string of the molecule is CO/N=C(\C(=O)NC1C(=O)N(S(=O)(=O)[O-])C1C(=O)OC)c1csc(N)n1.[Na+]. The fraction of sp³-hybridized carbons (Fsp3) is 0.364. The molecule has 1 saturated heterocycles. The van der Waals surface area contributed by atoms with E-state index in [1.807, 2.05) is 0 Å². The van der Waals surface area contributed by atoms with E-state index < -0.39 is 40.2 Å². The number of nitrogens with two attached hydrogens (primary N) is 1. The second-order valence-electron chi connectivity index (χ2n) is 4.70. The summed E-state index contributed by atoms with van der Waals surface area (Å²) in [5, 5.41) is 7.10. The van der Waals surface area contributed by atoms with E-state index in [4.69, 9.17) is 5.73 Å². The summed E-state index contributed by atoms with van der Waals surface area (Å²) in [5.41, 5.74) is 5.13. The molecule has 13 nitrogen and oxygen atoms in total. The number of aromatic nitrogens is 1. The molecular weight excluding hydrogens is 417 g/mol. The van der Waals surface area contributed by atoms with Crippen LogP contribution < -0.4 is 40.6 Å². The Balaban J connectivity index is 0.00000364. The first-order valence-electron chi connectivity index (χ1n) is 6.62. The van der Waals surface area contributed by atoms with E-state index in [2.05, 4.69) is 25.0 Å². The van der Waals surface area contributed by atoms with Crippen molar-refractivity contribution in [2.24, 2.45) is 5.16 Å². The van der Waals surface area contributed by atoms with Crippen molar-refractivity contribution in [1.29, 1.82) is 0 Å². The summed E-state index contributed by atoms with van der Waals surface area (Å²) in [6.45, 7) is 0. The molecule has 2 unspecified atom stereocenters. The van der Waals surface area contributed by atoms with Gasteiger partial charge in [0.05, 0.1) is 7.11 Å². The number of oxime groups is 1. The summed E-state index contributed by atoms with van der Waals surface area (Å²) in [4.78, 5) is 44.4. The monoisotopic (exact) mass is 429 g/mol. The predicted octanol–water partition coefficient (Wildman–Crippen LogP) is -5.59. The number of anilines is 1. The molecule has 0 aliphatic carbocycles. The van der Waals surface area contributed by atoms with Gasteiger partial charge in [0.15, 0.2) is 27.2 Å². The Morgan fingerprint density at radius 3 is 2.52 bits per heavy atom. The Kier molecular flexibility index (Phi) is 7.70. The maximum atomic E-state index is 12.4. The van der Waals surface area contributed by atoms with Crippen molar-refractivity contribution in [2.75, 3.05) is 20.0 Å². The largest absolute Gasteiger partial charge is 1.00 e. The maximum Gasteiger partial charge on any atom is 1.00 e. The number of methoxy groups -OCH3 is 1. The van der Waals surface area contributed by atoms with Gasteiger partial charge in [-0.15, -0.1) is 11.3 Å². The standard InChI is InChI=1S/C11H13N5O8S2.Na/c1-23-10(19)7-6(9(18)16(7)26(20,21)22)14-8(17)5(15-24-2)4-3-25-11(12)13-4;/h3,6-7H,1-2H3,(H2,12,13)(H,14,17)(H,20,21,22);/q;+1/p-1/b15-5-;. The van der Waals surface area contributed by atoms with Gasteiger partial charge in [0.1, 0.15) is 18.8 Å². The molecule has 2 heterocycles. The van der Waals surface area contributed by atoms with Gasteiger partial charge >= 0.3 is 35.5 Å². The van der Waals surface area contributed by atoms with Crippen LogP contribution in [-0.4, -0.2) is 72.1 Å². The number of ether oxygens (including phenoxy) is 1. The minimum Gasteiger partial charge on any atom is -0.731 e. The van der Waals surface area contributed by atoms with E-state index in [0.717, 1.165) is 25.6 Å². The van der Waals surface area contributed by atoms with Crippen LogP contribution in [0.25, 0.3) is 0 Å². The molecule has 0 saturated carbocycles. The number of carbonyl (C=O) groups excluding carboxylic acids is 3. The first kappa shape index (κ1) is 23.3. The molecule has 1 aromatic rings. The molecule has 2 rings (SSSR count). The number of hydrogen-bond donors (Lipinski definition) is 2. The average molecular weight is 429 g/mol. The number of carbonyl (C=O) groups is 3. The minimum absolute atomic E-state index is 0. The van der Waals surface area contributed by atoms with E-state index in [1.165, 1.54) is 5.38 Å². The summed E-state index contributed by atoms with van der Waals surface area (Å²) >= 11 is 1.01. The third kappa shape index (κ3) is 4.74. The van der Waals surface area contributed by atoms with Crippen LogP contribution in [0.15, 0.2) is 10.5 Å². The number of nitrogens with one attached hydrogen (secondary N) is 1. The van der Waals surface area contributed by atoms with E-state index in [1.54, 1.807) is 0 Å². The molecule has 27 heavy (non-hydrogen) atoms. The molecular formula is C11H12N5NaO8S2. The summed E-state index contributed by atoms with van der Waals surface area (Å²) in [6.07, 6.45) is 0. The van der Waals surface area contributed by atoms with E-state index in [0.29, 0.717) is 0 Å². The molecule has 1 fully saturated rings. The van der Waals surface area contributed by atoms with Crippen LogP contribution in [0.3, 0.4) is 0 Å². The number of hydrogen-bond acceptors (Lipinski definition) is 12. The summed E-state index contributed by atoms with van der Waals surface area (Å²) in [5.74, 6) is -3.50. The van der Waals surface area contributed by atoms with Crippen LogP contribution in [0.2, 0.25) is 0 Å². The van der Waals surface area contributed by atoms with E-state index in [-0.39, 0.29) is 50.4 Å². The third-order valence-electron chi connectivity index (χ3n) is 3.18. The molecule has 1 aliphatic rings. The van der Waals surface area contributed by atoms with E-state index in [9.17, 15) is 27.4 Å². The number of thiazole rings is 1. The van der Waals surface area contributed by atoms with Gasteiger partial charge in [-0.25, -0.2) is 22.5 Å². The molecule has 3 N–H and O–H groups in total. The normalized spacial score (nSPS) is 19.6. The van der Waals surface area contributed by atoms with Crippen molar-refractivity contribution in [1.82, 2.24) is 14.6 Å². The molecule has 2 atom stereocenters. The molecule has 0 spiro atoms. The van der Waals surface area contributed by atoms with Crippen molar-refractivity contribution in [3.05, 3.63) is 11.1 Å². The fourth-order valence-corrected chi connectivity index (χ4v) is 3.47. The van der Waals surface area contributed by atoms with Gasteiger partial charge in [0.2, 0.25) is 0 Å². The van der Waals surface area contributed by atoms with Crippen molar-refractivity contribution in [3.63, 3.8) is 0 Å². The zero-order chi connectivity index (χ0) is 19.6. The van der Waals surface area contributed by atoms with Gasteiger partial charge in [-0.2, -0.15) is 0 Å². The topological polar surface area (TPSA) is 193 Å². The van der Waals surface area contributed by atoms with Crippen LogP contribution in [0, 0.1) is 0 Å². The molecule has 0 aromatic carbocycles. The molecule has 0 bridgehead atoms. The van der Waals surface area contributed by atoms with Gasteiger partial charge in [0.25, 0.3) is 11.8 Å². The van der Waals surface area contributed by atoms with Crippen LogP contribution in [0.4, 0.5) is 5.13 Å². The Bertz CT molecular complexity index is 885. The van der Waals surface area contributed by atoms with Crippen molar-refractivity contribution in [3.8, 4) is 0 Å². The Morgan fingerprint density at radius 2 is 2.07 bits per heavy atom. The summed E-state index contributed by atoms with van der Waals surface area (Å²) in [7, 11) is -3.19. The molecule has 2 amide bonds. The average Bonchev–Trinajstić information content (AvgIpc) is 2.98. The van der Waals surface area contributed by atoms with Gasteiger partial charge in [-0.1, -0.05) is 5.16 Å².